The van der Waals surface area contributed by atoms with Gasteiger partial charge < -0.3 is 4.90 Å². The molecule has 0 aromatic heterocycles. The zero-order valence-corrected chi connectivity index (χ0v) is 18.0. The molecule has 158 valence electrons. The number of nitrogens with zero attached hydrogens (tertiary/aromatic N) is 2. The number of benzene rings is 1. The molecule has 1 aromatic rings. The topological polar surface area (TPSA) is 79.2 Å². The third-order valence-electron chi connectivity index (χ3n) is 6.69. The summed E-state index contributed by atoms with van der Waals surface area (Å²) in [5, 5.41) is 0. The number of likely N-dealkylation sites (tertiary alicyclic amines) is 1. The van der Waals surface area contributed by atoms with Crippen molar-refractivity contribution in [3.8, 4) is 0 Å². The molecule has 0 bridgehead atoms. The first-order chi connectivity index (χ1) is 13.8. The predicted octanol–water partition coefficient (Wildman–Crippen LogP) is 0.325. The molecular weight excluding hydrogens is 390 g/mol. The van der Waals surface area contributed by atoms with Crippen LogP contribution in [0.1, 0.15) is 36.8 Å². The van der Waals surface area contributed by atoms with Crippen molar-refractivity contribution >= 4 is 21.8 Å². The summed E-state index contributed by atoms with van der Waals surface area (Å²) < 4.78 is 27.6. The highest BCUT2D eigenvalue weighted by Crippen LogP contribution is 2.37. The van der Waals surface area contributed by atoms with Crippen LogP contribution in [0.25, 0.3) is 0 Å². The molecule has 3 fully saturated rings. The standard InChI is InChI=1S/C21H29N3O4S/c1-15-7-8-19(16(2)13-15)29(27,28)23-11-9-22(10-12-23)14-24-20(25)17-5-3-4-6-18(17)21(24)26/h7-8,13,17-18H,3-6,9-12,14H2,1-2H3/p+1/t17-,18-/m1/s1. The van der Waals surface area contributed by atoms with Crippen molar-refractivity contribution in [2.75, 3.05) is 32.8 Å². The lowest BCUT2D eigenvalue weighted by Gasteiger charge is -2.33. The Hall–Kier alpha value is -1.77. The Balaban J connectivity index is 1.39. The maximum atomic E-state index is 13.0. The van der Waals surface area contributed by atoms with E-state index in [4.69, 9.17) is 0 Å². The molecule has 1 N–H and O–H groups in total. The summed E-state index contributed by atoms with van der Waals surface area (Å²) in [5.74, 6) is -0.279. The lowest BCUT2D eigenvalue weighted by atomic mass is 9.81. The summed E-state index contributed by atoms with van der Waals surface area (Å²) in [7, 11) is -3.53. The Kier molecular flexibility index (Phi) is 5.52. The minimum atomic E-state index is -3.53. The minimum absolute atomic E-state index is 0.0162. The van der Waals surface area contributed by atoms with Gasteiger partial charge in [-0.05, 0) is 38.3 Å². The number of rotatable bonds is 4. The second-order valence-corrected chi connectivity index (χ2v) is 10.6. The van der Waals surface area contributed by atoms with Crippen LogP contribution in [0.4, 0.5) is 0 Å². The van der Waals surface area contributed by atoms with Crippen molar-refractivity contribution < 1.29 is 22.9 Å². The monoisotopic (exact) mass is 420 g/mol. The highest BCUT2D eigenvalue weighted by atomic mass is 32.2. The SMILES string of the molecule is Cc1ccc(S(=O)(=O)N2CC[NH+](CN3C(=O)[C@@H]4CCCC[C@H]4C3=O)CC2)c(C)c1. The van der Waals surface area contributed by atoms with Gasteiger partial charge in [-0.15, -0.1) is 0 Å². The molecule has 7 nitrogen and oxygen atoms in total. The molecule has 2 atom stereocenters. The van der Waals surface area contributed by atoms with Gasteiger partial charge in [0.15, 0.2) is 6.67 Å². The van der Waals surface area contributed by atoms with Gasteiger partial charge in [0, 0.05) is 0 Å². The van der Waals surface area contributed by atoms with E-state index in [1.165, 1.54) is 9.21 Å². The van der Waals surface area contributed by atoms with Gasteiger partial charge in [-0.25, -0.2) is 13.3 Å². The number of sulfonamides is 1. The Morgan fingerprint density at radius 2 is 1.59 bits per heavy atom. The number of quaternary nitrogens is 1. The van der Waals surface area contributed by atoms with Crippen LogP contribution < -0.4 is 4.90 Å². The molecule has 3 aliphatic rings. The number of piperazine rings is 1. The fourth-order valence-electron chi connectivity index (χ4n) is 5.04. The normalized spacial score (nSPS) is 26.8. The van der Waals surface area contributed by atoms with Crippen LogP contribution in [0.2, 0.25) is 0 Å². The molecule has 29 heavy (non-hydrogen) atoms. The Morgan fingerprint density at radius 1 is 1.00 bits per heavy atom. The van der Waals surface area contributed by atoms with Gasteiger partial charge >= 0.3 is 0 Å². The number of carbonyl (C=O) groups is 2. The van der Waals surface area contributed by atoms with Crippen molar-refractivity contribution in [3.63, 3.8) is 0 Å². The van der Waals surface area contributed by atoms with Gasteiger partial charge in [0.2, 0.25) is 21.8 Å². The van der Waals surface area contributed by atoms with Crippen LogP contribution >= 0.6 is 0 Å². The van der Waals surface area contributed by atoms with Crippen LogP contribution in [0.3, 0.4) is 0 Å². The maximum absolute atomic E-state index is 13.0. The molecule has 2 aliphatic heterocycles. The average molecular weight is 421 g/mol. The van der Waals surface area contributed by atoms with Crippen molar-refractivity contribution in [2.45, 2.75) is 44.4 Å². The van der Waals surface area contributed by atoms with E-state index in [0.717, 1.165) is 41.7 Å². The van der Waals surface area contributed by atoms with Gasteiger partial charge in [0.1, 0.15) is 0 Å². The molecule has 2 saturated heterocycles. The lowest BCUT2D eigenvalue weighted by molar-refractivity contribution is -0.910. The molecule has 1 aromatic carbocycles. The van der Waals surface area contributed by atoms with Crippen molar-refractivity contribution in [2.24, 2.45) is 11.8 Å². The summed E-state index contributed by atoms with van der Waals surface area (Å²) in [6.45, 7) is 6.12. The summed E-state index contributed by atoms with van der Waals surface area (Å²) in [6.07, 6.45) is 3.69. The predicted molar refractivity (Wildman–Crippen MR) is 108 cm³/mol. The largest absolute Gasteiger partial charge is 0.315 e. The minimum Gasteiger partial charge on any atom is -0.315 e. The zero-order chi connectivity index (χ0) is 20.8. The van der Waals surface area contributed by atoms with Crippen LogP contribution in [-0.4, -0.2) is 62.3 Å². The van der Waals surface area contributed by atoms with Gasteiger partial charge in [-0.3, -0.25) is 9.59 Å². The number of amides is 2. The van der Waals surface area contributed by atoms with Crippen LogP contribution in [0, 0.1) is 25.7 Å². The van der Waals surface area contributed by atoms with Crippen molar-refractivity contribution in [1.82, 2.24) is 9.21 Å². The summed E-state index contributed by atoms with van der Waals surface area (Å²) in [6, 6.07) is 5.40. The third-order valence-corrected chi connectivity index (χ3v) is 8.75. The molecule has 1 aliphatic carbocycles. The number of aryl methyl sites for hydroxylation is 2. The molecule has 0 radical (unpaired) electrons. The maximum Gasteiger partial charge on any atom is 0.243 e. The van der Waals surface area contributed by atoms with Gasteiger partial charge in [0.05, 0.1) is 42.9 Å². The Bertz CT molecular complexity index is 898. The molecule has 4 rings (SSSR count). The van der Waals surface area contributed by atoms with Crippen molar-refractivity contribution in [1.29, 1.82) is 0 Å². The van der Waals surface area contributed by atoms with E-state index >= 15 is 0 Å². The van der Waals surface area contributed by atoms with Gasteiger partial charge in [0.25, 0.3) is 0 Å². The Morgan fingerprint density at radius 3 is 2.14 bits per heavy atom. The number of imide groups is 1. The second kappa shape index (κ2) is 7.81. The van der Waals surface area contributed by atoms with Crippen LogP contribution in [0.5, 0.6) is 0 Å². The zero-order valence-electron chi connectivity index (χ0n) is 17.2. The van der Waals surface area contributed by atoms with Crippen LogP contribution in [-0.2, 0) is 19.6 Å². The average Bonchev–Trinajstić information content (AvgIpc) is 2.93. The molecular formula is C21H30N3O4S+. The summed E-state index contributed by atoms with van der Waals surface area (Å²) >= 11 is 0. The van der Waals surface area contributed by atoms with E-state index in [9.17, 15) is 18.0 Å². The Labute approximate surface area is 172 Å². The summed E-state index contributed by atoms with van der Waals surface area (Å²) in [4.78, 5) is 28.3. The fraction of sp³-hybridized carbons (Fsp3) is 0.619. The first kappa shape index (κ1) is 20.5. The highest BCUT2D eigenvalue weighted by molar-refractivity contribution is 7.89. The number of nitrogens with one attached hydrogen (secondary N) is 1. The molecule has 8 heteroatoms. The van der Waals surface area contributed by atoms with E-state index in [-0.39, 0.29) is 23.7 Å². The number of carbonyl (C=O) groups excluding carboxylic acids is 2. The second-order valence-electron chi connectivity index (χ2n) is 8.68. The van der Waals surface area contributed by atoms with Crippen molar-refractivity contribution in [3.05, 3.63) is 29.3 Å². The number of hydrogen-bond acceptors (Lipinski definition) is 4. The summed E-state index contributed by atoms with van der Waals surface area (Å²) in [5.41, 5.74) is 1.80. The van der Waals surface area contributed by atoms with E-state index in [2.05, 4.69) is 0 Å². The van der Waals surface area contributed by atoms with E-state index in [1.807, 2.05) is 26.0 Å². The number of hydrogen-bond donors (Lipinski definition) is 1. The van der Waals surface area contributed by atoms with Crippen LogP contribution in [0.15, 0.2) is 23.1 Å². The van der Waals surface area contributed by atoms with E-state index < -0.39 is 10.0 Å². The third kappa shape index (κ3) is 3.73. The molecule has 1 saturated carbocycles. The molecule has 0 spiro atoms. The van der Waals surface area contributed by atoms with Gasteiger partial charge in [-0.2, -0.15) is 4.31 Å². The lowest BCUT2D eigenvalue weighted by Crippen LogP contribution is -3.16. The first-order valence-electron chi connectivity index (χ1n) is 10.6. The highest BCUT2D eigenvalue weighted by Gasteiger charge is 2.49. The quantitative estimate of drug-likeness (QED) is 0.712. The van der Waals surface area contributed by atoms with E-state index in [1.54, 1.807) is 6.07 Å². The molecule has 0 unspecified atom stereocenters. The van der Waals surface area contributed by atoms with E-state index in [0.29, 0.717) is 37.7 Å². The smallest absolute Gasteiger partial charge is 0.243 e. The van der Waals surface area contributed by atoms with Gasteiger partial charge in [-0.1, -0.05) is 30.5 Å². The fourth-order valence-corrected chi connectivity index (χ4v) is 6.69. The first-order valence-corrected chi connectivity index (χ1v) is 12.0. The molecule has 2 amide bonds. The molecule has 2 heterocycles. The number of fused-ring (bicyclic) bond motifs is 1.